The summed E-state index contributed by atoms with van der Waals surface area (Å²) in [5, 5.41) is 0. The molecular weight excluding hydrogens is 195 g/mol. The molecule has 0 aliphatic rings. The van der Waals surface area contributed by atoms with Gasteiger partial charge in [-0.2, -0.15) is 0 Å². The van der Waals surface area contributed by atoms with E-state index in [1.165, 1.54) is 17.3 Å². The van der Waals surface area contributed by atoms with Gasteiger partial charge < -0.3 is 0 Å². The molecule has 0 amide bonds. The molecule has 0 fully saturated rings. The summed E-state index contributed by atoms with van der Waals surface area (Å²) in [5.74, 6) is 0. The summed E-state index contributed by atoms with van der Waals surface area (Å²) < 4.78 is 2.39. The van der Waals surface area contributed by atoms with Crippen molar-refractivity contribution in [1.29, 1.82) is 0 Å². The number of carbonyl (C=O) groups is 1. The van der Waals surface area contributed by atoms with Gasteiger partial charge in [0.05, 0.1) is 0 Å². The molecule has 0 aliphatic heterocycles. The number of unbranched alkanes of at least 4 members (excludes halogenated alkanes) is 1. The van der Waals surface area contributed by atoms with Crippen molar-refractivity contribution in [1.82, 2.24) is 0 Å². The quantitative estimate of drug-likeness (QED) is 0.381. The Kier molecular flexibility index (Phi) is 6.90. The molecular formula is C5H10OSn. The van der Waals surface area contributed by atoms with Crippen LogP contribution in [0.2, 0.25) is 4.44 Å². The zero-order valence-corrected chi connectivity index (χ0v) is 7.46. The first-order valence-electron chi connectivity index (χ1n) is 2.59. The molecule has 2 heteroatoms. The maximum atomic E-state index is 9.76. The van der Waals surface area contributed by atoms with Crippen LogP contribution in [0, 0.1) is 0 Å². The molecule has 0 N–H and O–H groups in total. The van der Waals surface area contributed by atoms with Gasteiger partial charge in [-0.15, -0.1) is 0 Å². The maximum absolute atomic E-state index is 9.76. The van der Waals surface area contributed by atoms with E-state index >= 15 is 0 Å². The van der Waals surface area contributed by atoms with E-state index in [2.05, 4.69) is 6.92 Å². The molecule has 0 saturated heterocycles. The summed E-state index contributed by atoms with van der Waals surface area (Å²) in [7, 11) is 0. The molecule has 0 aromatic rings. The number of hydrogen-bond acceptors (Lipinski definition) is 1. The summed E-state index contributed by atoms with van der Waals surface area (Å²) in [6.07, 6.45) is 2.51. The summed E-state index contributed by atoms with van der Waals surface area (Å²) in [6.45, 7) is 2.16. The Morgan fingerprint density at radius 2 is 2.43 bits per heavy atom. The predicted octanol–water partition coefficient (Wildman–Crippen LogP) is 1.10. The standard InChI is InChI=1S/C4H9.CHO.Sn/c1-3-4-2;1-2;/h1,3-4H2,2H3;1H;. The van der Waals surface area contributed by atoms with Gasteiger partial charge in [0.25, 0.3) is 0 Å². The normalized spacial score (nSPS) is 8.71. The molecule has 2 radical (unpaired) electrons. The number of carbonyl (C=O) groups excluding carboxylic acids is 1. The first kappa shape index (κ1) is 7.47. The molecule has 0 aliphatic carbocycles. The third kappa shape index (κ3) is 6.47. The van der Waals surface area contributed by atoms with Crippen LogP contribution < -0.4 is 0 Å². The Hall–Kier alpha value is 0.469. The molecule has 0 bridgehead atoms. The van der Waals surface area contributed by atoms with E-state index in [-0.39, 0.29) is 0 Å². The minimum absolute atomic E-state index is 0.497. The van der Waals surface area contributed by atoms with Crippen LogP contribution in [0.15, 0.2) is 0 Å². The van der Waals surface area contributed by atoms with Crippen LogP contribution >= 0.6 is 0 Å². The van der Waals surface area contributed by atoms with E-state index in [1.807, 2.05) is 0 Å². The molecule has 0 aromatic carbocycles. The van der Waals surface area contributed by atoms with Crippen molar-refractivity contribution >= 4 is 25.4 Å². The van der Waals surface area contributed by atoms with Gasteiger partial charge in [-0.1, -0.05) is 0 Å². The molecule has 0 spiro atoms. The molecule has 0 saturated carbocycles. The van der Waals surface area contributed by atoms with E-state index in [1.54, 1.807) is 0 Å². The van der Waals surface area contributed by atoms with Gasteiger partial charge in [0.2, 0.25) is 0 Å². The molecule has 40 valence electrons. The van der Waals surface area contributed by atoms with E-state index in [9.17, 15) is 4.79 Å². The molecule has 1 nitrogen and oxygen atoms in total. The Bertz CT molecular complexity index is 45.3. The van der Waals surface area contributed by atoms with Crippen LogP contribution in [0.25, 0.3) is 0 Å². The van der Waals surface area contributed by atoms with Crippen molar-refractivity contribution in [2.75, 3.05) is 0 Å². The van der Waals surface area contributed by atoms with Crippen LogP contribution in [0.4, 0.5) is 0 Å². The fraction of sp³-hybridized carbons (Fsp3) is 0.800. The molecule has 0 rings (SSSR count). The van der Waals surface area contributed by atoms with Crippen molar-refractivity contribution in [3.63, 3.8) is 0 Å². The first-order chi connectivity index (χ1) is 3.41. The third-order valence-corrected chi connectivity index (χ3v) is 3.07. The van der Waals surface area contributed by atoms with Gasteiger partial charge in [-0.25, -0.2) is 0 Å². The van der Waals surface area contributed by atoms with Gasteiger partial charge in [0.15, 0.2) is 0 Å². The average Bonchev–Trinajstić information content (AvgIpc) is 1.69. The zero-order valence-electron chi connectivity index (χ0n) is 4.61. The molecule has 7 heavy (non-hydrogen) atoms. The molecule has 0 heterocycles. The van der Waals surface area contributed by atoms with Gasteiger partial charge in [-0.05, 0) is 0 Å². The monoisotopic (exact) mass is 206 g/mol. The number of hydrogen-bond donors (Lipinski definition) is 0. The van der Waals surface area contributed by atoms with E-state index in [0.29, 0.717) is 0 Å². The van der Waals surface area contributed by atoms with Crippen LogP contribution in [0.1, 0.15) is 19.8 Å². The van der Waals surface area contributed by atoms with Gasteiger partial charge in [-0.3, -0.25) is 0 Å². The van der Waals surface area contributed by atoms with Gasteiger partial charge >= 0.3 is 54.4 Å². The van der Waals surface area contributed by atoms with E-state index in [0.717, 1.165) is 4.30 Å². The first-order valence-corrected chi connectivity index (χ1v) is 6.25. The van der Waals surface area contributed by atoms with Crippen LogP contribution in [-0.4, -0.2) is 25.4 Å². The molecule has 0 atom stereocenters. The minimum atomic E-state index is -0.497. The van der Waals surface area contributed by atoms with Crippen molar-refractivity contribution in [3.05, 3.63) is 0 Å². The average molecular weight is 205 g/mol. The van der Waals surface area contributed by atoms with Crippen molar-refractivity contribution in [2.45, 2.75) is 24.2 Å². The fourth-order valence-corrected chi connectivity index (χ4v) is 2.27. The van der Waals surface area contributed by atoms with Crippen LogP contribution in [0.3, 0.4) is 0 Å². The van der Waals surface area contributed by atoms with Crippen molar-refractivity contribution < 1.29 is 4.79 Å². The topological polar surface area (TPSA) is 17.1 Å². The zero-order chi connectivity index (χ0) is 5.54. The SMILES string of the molecule is CCC[CH2][Sn][CH]=O. The van der Waals surface area contributed by atoms with Crippen molar-refractivity contribution in [3.8, 4) is 0 Å². The summed E-state index contributed by atoms with van der Waals surface area (Å²) in [4.78, 5) is 9.76. The Morgan fingerprint density at radius 1 is 1.71 bits per heavy atom. The Morgan fingerprint density at radius 3 is 2.86 bits per heavy atom. The summed E-state index contributed by atoms with van der Waals surface area (Å²) in [6, 6.07) is 0. The Balaban J connectivity index is 2.56. The molecule has 0 unspecified atom stereocenters. The number of rotatable bonds is 4. The molecule has 0 aromatic heterocycles. The summed E-state index contributed by atoms with van der Waals surface area (Å²) >= 11 is -0.497. The predicted molar refractivity (Wildman–Crippen MR) is 32.2 cm³/mol. The second-order valence-electron chi connectivity index (χ2n) is 1.43. The van der Waals surface area contributed by atoms with Crippen LogP contribution in [-0.2, 0) is 4.79 Å². The Labute approximate surface area is 54.7 Å². The third-order valence-electron chi connectivity index (χ3n) is 0.758. The van der Waals surface area contributed by atoms with Gasteiger partial charge in [0.1, 0.15) is 0 Å². The second kappa shape index (κ2) is 6.47. The fourth-order valence-electron chi connectivity index (χ4n) is 0.338. The summed E-state index contributed by atoms with van der Waals surface area (Å²) in [5.41, 5.74) is 0. The van der Waals surface area contributed by atoms with E-state index < -0.39 is 21.1 Å². The second-order valence-corrected chi connectivity index (χ2v) is 4.69. The van der Waals surface area contributed by atoms with Crippen LogP contribution in [0.5, 0.6) is 0 Å². The van der Waals surface area contributed by atoms with Crippen molar-refractivity contribution in [2.24, 2.45) is 0 Å². The van der Waals surface area contributed by atoms with Gasteiger partial charge in [0, 0.05) is 0 Å². The van der Waals surface area contributed by atoms with E-state index in [4.69, 9.17) is 0 Å².